The highest BCUT2D eigenvalue weighted by molar-refractivity contribution is 7.10. The minimum absolute atomic E-state index is 0.0296. The zero-order valence-electron chi connectivity index (χ0n) is 11.5. The Morgan fingerprint density at radius 3 is 3.00 bits per heavy atom. The normalized spacial score (nSPS) is 19.6. The SMILES string of the molecule is Cc1cc(F)cc(C(NN)C2CCCc3sccc32)c1. The summed E-state index contributed by atoms with van der Waals surface area (Å²) in [5, 5.41) is 2.15. The van der Waals surface area contributed by atoms with E-state index in [1.807, 2.05) is 24.3 Å². The van der Waals surface area contributed by atoms with Crippen molar-refractivity contribution in [1.29, 1.82) is 0 Å². The second-order valence-corrected chi connectivity index (χ2v) is 6.50. The highest BCUT2D eigenvalue weighted by atomic mass is 32.1. The van der Waals surface area contributed by atoms with Gasteiger partial charge in [-0.15, -0.1) is 11.3 Å². The molecular formula is C16H19FN2S. The van der Waals surface area contributed by atoms with Crippen LogP contribution in [0.25, 0.3) is 0 Å². The molecule has 0 spiro atoms. The van der Waals surface area contributed by atoms with Crippen molar-refractivity contribution >= 4 is 11.3 Å². The molecule has 106 valence electrons. The summed E-state index contributed by atoms with van der Waals surface area (Å²) in [6.07, 6.45) is 3.42. The number of benzene rings is 1. The Hall–Kier alpha value is -1.23. The Bertz CT molecular complexity index is 588. The predicted molar refractivity (Wildman–Crippen MR) is 81.2 cm³/mol. The summed E-state index contributed by atoms with van der Waals surface area (Å²) in [4.78, 5) is 1.45. The van der Waals surface area contributed by atoms with E-state index in [4.69, 9.17) is 5.84 Å². The van der Waals surface area contributed by atoms with Crippen molar-refractivity contribution in [2.75, 3.05) is 0 Å². The van der Waals surface area contributed by atoms with Crippen LogP contribution in [0.15, 0.2) is 29.6 Å². The molecule has 0 saturated heterocycles. The van der Waals surface area contributed by atoms with Crippen LogP contribution < -0.4 is 11.3 Å². The molecule has 0 saturated carbocycles. The molecule has 1 heterocycles. The standard InChI is InChI=1S/C16H19FN2S/c1-10-7-11(9-12(17)8-10)16(19-18)14-3-2-4-15-13(14)5-6-20-15/h5-9,14,16,19H,2-4,18H2,1H3. The molecule has 4 heteroatoms. The van der Waals surface area contributed by atoms with Gasteiger partial charge in [0.05, 0.1) is 6.04 Å². The van der Waals surface area contributed by atoms with Crippen LogP contribution in [0.2, 0.25) is 0 Å². The number of fused-ring (bicyclic) bond motifs is 1. The van der Waals surface area contributed by atoms with Crippen molar-refractivity contribution in [2.24, 2.45) is 5.84 Å². The molecule has 20 heavy (non-hydrogen) atoms. The van der Waals surface area contributed by atoms with Crippen molar-refractivity contribution in [3.8, 4) is 0 Å². The molecule has 0 aliphatic heterocycles. The summed E-state index contributed by atoms with van der Waals surface area (Å²) in [6.45, 7) is 1.91. The van der Waals surface area contributed by atoms with Crippen LogP contribution in [0, 0.1) is 12.7 Å². The summed E-state index contributed by atoms with van der Waals surface area (Å²) >= 11 is 1.82. The number of hydrazine groups is 1. The molecular weight excluding hydrogens is 271 g/mol. The number of aryl methyl sites for hydroxylation is 2. The lowest BCUT2D eigenvalue weighted by Gasteiger charge is -2.30. The first kappa shape index (κ1) is 13.7. The van der Waals surface area contributed by atoms with Crippen molar-refractivity contribution in [2.45, 2.75) is 38.1 Å². The molecule has 1 aliphatic carbocycles. The van der Waals surface area contributed by atoms with Crippen molar-refractivity contribution in [1.82, 2.24) is 5.43 Å². The van der Waals surface area contributed by atoms with Crippen LogP contribution in [0.3, 0.4) is 0 Å². The Kier molecular flexibility index (Phi) is 3.87. The molecule has 2 nitrogen and oxygen atoms in total. The fourth-order valence-electron chi connectivity index (χ4n) is 3.26. The van der Waals surface area contributed by atoms with Crippen molar-refractivity contribution in [3.63, 3.8) is 0 Å². The lowest BCUT2D eigenvalue weighted by molar-refractivity contribution is 0.409. The van der Waals surface area contributed by atoms with E-state index in [-0.39, 0.29) is 11.9 Å². The van der Waals surface area contributed by atoms with E-state index in [0.717, 1.165) is 24.0 Å². The summed E-state index contributed by atoms with van der Waals surface area (Å²) in [7, 11) is 0. The van der Waals surface area contributed by atoms with E-state index in [2.05, 4.69) is 16.9 Å². The average molecular weight is 290 g/mol. The van der Waals surface area contributed by atoms with Gasteiger partial charge in [-0.25, -0.2) is 4.39 Å². The second kappa shape index (κ2) is 5.64. The number of hydrogen-bond acceptors (Lipinski definition) is 3. The largest absolute Gasteiger partial charge is 0.271 e. The molecule has 2 atom stereocenters. The molecule has 2 unspecified atom stereocenters. The third kappa shape index (κ3) is 2.51. The van der Waals surface area contributed by atoms with Crippen molar-refractivity contribution in [3.05, 3.63) is 57.0 Å². The van der Waals surface area contributed by atoms with E-state index in [1.165, 1.54) is 16.9 Å². The number of halogens is 1. The monoisotopic (exact) mass is 290 g/mol. The van der Waals surface area contributed by atoms with E-state index in [0.29, 0.717) is 5.92 Å². The lowest BCUT2D eigenvalue weighted by Crippen LogP contribution is -2.33. The molecule has 3 rings (SSSR count). The summed E-state index contributed by atoms with van der Waals surface area (Å²) < 4.78 is 13.7. The Labute approximate surface area is 122 Å². The Morgan fingerprint density at radius 2 is 2.25 bits per heavy atom. The molecule has 0 fully saturated rings. The van der Waals surface area contributed by atoms with E-state index >= 15 is 0 Å². The van der Waals surface area contributed by atoms with Gasteiger partial charge in [-0.3, -0.25) is 11.3 Å². The summed E-state index contributed by atoms with van der Waals surface area (Å²) in [5.41, 5.74) is 6.16. The molecule has 3 N–H and O–H groups in total. The number of nitrogens with two attached hydrogens (primary N) is 1. The lowest BCUT2D eigenvalue weighted by atomic mass is 9.80. The van der Waals surface area contributed by atoms with Crippen LogP contribution in [0.1, 0.15) is 46.4 Å². The molecule has 1 aromatic carbocycles. The Balaban J connectivity index is 1.99. The quantitative estimate of drug-likeness (QED) is 0.666. The smallest absolute Gasteiger partial charge is 0.123 e. The zero-order chi connectivity index (χ0) is 14.1. The Morgan fingerprint density at radius 1 is 1.40 bits per heavy atom. The van der Waals surface area contributed by atoms with Gasteiger partial charge in [-0.2, -0.15) is 0 Å². The van der Waals surface area contributed by atoms with E-state index < -0.39 is 0 Å². The maximum atomic E-state index is 13.7. The van der Waals surface area contributed by atoms with Gasteiger partial charge in [0.25, 0.3) is 0 Å². The molecule has 0 radical (unpaired) electrons. The molecule has 1 aromatic heterocycles. The van der Waals surface area contributed by atoms with Gasteiger partial charge in [0, 0.05) is 10.8 Å². The van der Waals surface area contributed by atoms with Crippen LogP contribution in [0.4, 0.5) is 4.39 Å². The second-order valence-electron chi connectivity index (χ2n) is 5.50. The third-order valence-corrected chi connectivity index (χ3v) is 5.10. The highest BCUT2D eigenvalue weighted by Crippen LogP contribution is 2.42. The zero-order valence-corrected chi connectivity index (χ0v) is 12.3. The van der Waals surface area contributed by atoms with Crippen LogP contribution >= 0.6 is 11.3 Å². The third-order valence-electron chi connectivity index (χ3n) is 4.10. The fourth-order valence-corrected chi connectivity index (χ4v) is 4.25. The maximum absolute atomic E-state index is 13.7. The van der Waals surface area contributed by atoms with E-state index in [1.54, 1.807) is 12.1 Å². The van der Waals surface area contributed by atoms with Gasteiger partial charge < -0.3 is 0 Å². The topological polar surface area (TPSA) is 38.0 Å². The minimum atomic E-state index is -0.193. The first-order valence-corrected chi connectivity index (χ1v) is 7.86. The summed E-state index contributed by atoms with van der Waals surface area (Å²) in [6, 6.07) is 7.33. The number of thiophene rings is 1. The van der Waals surface area contributed by atoms with Gasteiger partial charge in [0.2, 0.25) is 0 Å². The fraction of sp³-hybridized carbons (Fsp3) is 0.375. The molecule has 1 aliphatic rings. The maximum Gasteiger partial charge on any atom is 0.123 e. The average Bonchev–Trinajstić information content (AvgIpc) is 2.87. The number of rotatable bonds is 3. The highest BCUT2D eigenvalue weighted by Gasteiger charge is 2.29. The van der Waals surface area contributed by atoms with Gasteiger partial charge >= 0.3 is 0 Å². The van der Waals surface area contributed by atoms with Gasteiger partial charge in [0.15, 0.2) is 0 Å². The van der Waals surface area contributed by atoms with Gasteiger partial charge in [-0.1, -0.05) is 6.07 Å². The molecule has 0 amide bonds. The first-order chi connectivity index (χ1) is 9.69. The van der Waals surface area contributed by atoms with Crippen molar-refractivity contribution < 1.29 is 4.39 Å². The molecule has 0 bridgehead atoms. The number of hydrogen-bond donors (Lipinski definition) is 2. The van der Waals surface area contributed by atoms with Gasteiger partial charge in [0.1, 0.15) is 5.82 Å². The molecule has 2 aromatic rings. The first-order valence-electron chi connectivity index (χ1n) is 6.98. The van der Waals surface area contributed by atoms with Crippen LogP contribution in [0.5, 0.6) is 0 Å². The predicted octanol–water partition coefficient (Wildman–Crippen LogP) is 3.82. The van der Waals surface area contributed by atoms with Crippen LogP contribution in [-0.2, 0) is 6.42 Å². The minimum Gasteiger partial charge on any atom is -0.271 e. The van der Waals surface area contributed by atoms with Crippen LogP contribution in [-0.4, -0.2) is 0 Å². The number of nitrogens with one attached hydrogen (secondary N) is 1. The van der Waals surface area contributed by atoms with Gasteiger partial charge in [-0.05, 0) is 66.5 Å². The summed E-state index contributed by atoms with van der Waals surface area (Å²) in [5.74, 6) is 5.93. The van der Waals surface area contributed by atoms with E-state index in [9.17, 15) is 4.39 Å².